The first-order valence-electron chi connectivity index (χ1n) is 8.94. The van der Waals surface area contributed by atoms with Crippen molar-refractivity contribution in [2.75, 3.05) is 20.6 Å². The van der Waals surface area contributed by atoms with Crippen LogP contribution in [0.2, 0.25) is 0 Å². The molecular weight excluding hydrogens is 380 g/mol. The molecule has 1 aliphatic heterocycles. The Hall–Kier alpha value is -2.16. The highest BCUT2D eigenvalue weighted by Crippen LogP contribution is 2.40. The number of halogens is 4. The molecule has 9 heteroatoms. The van der Waals surface area contributed by atoms with Crippen LogP contribution >= 0.6 is 0 Å². The minimum Gasteiger partial charge on any atom is -0.483 e. The van der Waals surface area contributed by atoms with Crippen molar-refractivity contribution in [3.8, 4) is 0 Å². The Balaban J connectivity index is 0.000000878. The first kappa shape index (κ1) is 22.1. The number of carbonyl (C=O) groups excluding carboxylic acids is 1. The van der Waals surface area contributed by atoms with Crippen LogP contribution < -0.4 is 0 Å². The van der Waals surface area contributed by atoms with Crippen LogP contribution in [0.4, 0.5) is 17.6 Å². The summed E-state index contributed by atoms with van der Waals surface area (Å²) in [6.45, 7) is 0.607. The molecule has 0 spiro atoms. The predicted octanol–water partition coefficient (Wildman–Crippen LogP) is 3.23. The summed E-state index contributed by atoms with van der Waals surface area (Å²) in [6, 6.07) is 2.70. The highest BCUT2D eigenvalue weighted by molar-refractivity contribution is 5.77. The quantitative estimate of drug-likeness (QED) is 0.621. The maximum Gasteiger partial charge on any atom is 0.416 e. The zero-order valence-electron chi connectivity index (χ0n) is 15.7. The number of hydrogen-bond acceptors (Lipinski definition) is 3. The van der Waals surface area contributed by atoms with E-state index in [1.807, 2.05) is 11.9 Å². The lowest BCUT2D eigenvalue weighted by Gasteiger charge is -2.31. The van der Waals surface area contributed by atoms with Crippen molar-refractivity contribution < 1.29 is 32.3 Å². The van der Waals surface area contributed by atoms with Gasteiger partial charge < -0.3 is 10.0 Å². The normalized spacial score (nSPS) is 24.6. The van der Waals surface area contributed by atoms with Gasteiger partial charge >= 0.3 is 6.18 Å². The van der Waals surface area contributed by atoms with E-state index < -0.39 is 17.6 Å². The number of carboxylic acid groups (broad SMARTS) is 1. The second kappa shape index (κ2) is 8.89. The highest BCUT2D eigenvalue weighted by atomic mass is 19.4. The second-order valence-electron chi connectivity index (χ2n) is 7.45. The number of hydrogen-bond donors (Lipinski definition) is 1. The molecule has 0 aromatic heterocycles. The molecule has 2 aliphatic rings. The highest BCUT2D eigenvalue weighted by Gasteiger charge is 2.41. The maximum absolute atomic E-state index is 14.0. The topological polar surface area (TPSA) is 60.9 Å². The summed E-state index contributed by atoms with van der Waals surface area (Å²) in [6.07, 6.45) is -2.22. The van der Waals surface area contributed by atoms with E-state index in [4.69, 9.17) is 9.90 Å². The van der Waals surface area contributed by atoms with E-state index in [0.29, 0.717) is 18.3 Å². The van der Waals surface area contributed by atoms with Crippen LogP contribution in [0.25, 0.3) is 0 Å². The second-order valence-corrected chi connectivity index (χ2v) is 7.45. The molecule has 1 aromatic carbocycles. The molecule has 1 saturated heterocycles. The number of amides is 1. The van der Waals surface area contributed by atoms with Gasteiger partial charge in [-0.3, -0.25) is 14.5 Å². The van der Waals surface area contributed by atoms with Gasteiger partial charge in [0, 0.05) is 38.2 Å². The summed E-state index contributed by atoms with van der Waals surface area (Å²) in [5.74, 6) is 0.266. The fraction of sp³-hybridized carbons (Fsp3) is 0.579. The van der Waals surface area contributed by atoms with E-state index in [2.05, 4.69) is 0 Å². The van der Waals surface area contributed by atoms with Gasteiger partial charge in [-0.2, -0.15) is 13.2 Å². The molecule has 0 radical (unpaired) electrons. The average Bonchev–Trinajstić information content (AvgIpc) is 3.00. The first-order valence-corrected chi connectivity index (χ1v) is 8.94. The van der Waals surface area contributed by atoms with Crippen molar-refractivity contribution in [3.63, 3.8) is 0 Å². The lowest BCUT2D eigenvalue weighted by atomic mass is 9.88. The Morgan fingerprint density at radius 2 is 1.89 bits per heavy atom. The van der Waals surface area contributed by atoms with Gasteiger partial charge in [0.1, 0.15) is 5.82 Å². The van der Waals surface area contributed by atoms with E-state index in [0.717, 1.165) is 37.6 Å². The van der Waals surface area contributed by atoms with Gasteiger partial charge in [-0.15, -0.1) is 0 Å². The van der Waals surface area contributed by atoms with Gasteiger partial charge in [-0.25, -0.2) is 4.39 Å². The van der Waals surface area contributed by atoms with Crippen LogP contribution in [0.5, 0.6) is 0 Å². The zero-order chi connectivity index (χ0) is 21.1. The predicted molar refractivity (Wildman–Crippen MR) is 93.8 cm³/mol. The number of nitrogens with zero attached hydrogens (tertiary/aromatic N) is 2. The fourth-order valence-corrected chi connectivity index (χ4v) is 4.12. The van der Waals surface area contributed by atoms with Crippen molar-refractivity contribution in [3.05, 3.63) is 35.1 Å². The Labute approximate surface area is 160 Å². The molecule has 3 atom stereocenters. The van der Waals surface area contributed by atoms with Crippen molar-refractivity contribution in [2.24, 2.45) is 11.8 Å². The summed E-state index contributed by atoms with van der Waals surface area (Å²) in [4.78, 5) is 23.9. The number of fused-ring (bicyclic) bond motifs is 1. The van der Waals surface area contributed by atoms with Crippen LogP contribution in [-0.2, 0) is 22.3 Å². The molecule has 1 aromatic rings. The number of alkyl halides is 3. The van der Waals surface area contributed by atoms with Crippen molar-refractivity contribution in [1.29, 1.82) is 0 Å². The molecule has 1 aliphatic carbocycles. The Bertz CT molecular complexity index is 711. The number of piperidine rings is 1. The minimum absolute atomic E-state index is 0.0559. The van der Waals surface area contributed by atoms with E-state index in [-0.39, 0.29) is 30.5 Å². The maximum atomic E-state index is 14.0. The summed E-state index contributed by atoms with van der Waals surface area (Å²) in [5, 5.41) is 6.89. The lowest BCUT2D eigenvalue weighted by molar-refractivity contribution is -0.137. The average molecular weight is 404 g/mol. The van der Waals surface area contributed by atoms with Gasteiger partial charge in [-0.1, -0.05) is 0 Å². The van der Waals surface area contributed by atoms with E-state index in [1.165, 1.54) is 0 Å². The molecule has 2 fully saturated rings. The third-order valence-corrected chi connectivity index (χ3v) is 5.60. The molecule has 1 heterocycles. The molecule has 1 saturated carbocycles. The van der Waals surface area contributed by atoms with E-state index in [9.17, 15) is 22.4 Å². The molecular formula is C19H24F4N2O3. The van der Waals surface area contributed by atoms with Crippen molar-refractivity contribution >= 4 is 12.4 Å². The van der Waals surface area contributed by atoms with Crippen LogP contribution in [0.1, 0.15) is 30.4 Å². The lowest BCUT2D eigenvalue weighted by Crippen LogP contribution is -2.39. The number of carbonyl (C=O) groups is 2. The molecule has 1 N–H and O–H groups in total. The molecule has 0 unspecified atom stereocenters. The number of likely N-dealkylation sites (tertiary alicyclic amines) is 1. The minimum atomic E-state index is -4.48. The van der Waals surface area contributed by atoms with Crippen LogP contribution in [-0.4, -0.2) is 54.0 Å². The van der Waals surface area contributed by atoms with Gasteiger partial charge in [0.15, 0.2) is 0 Å². The first-order chi connectivity index (χ1) is 13.1. The molecule has 28 heavy (non-hydrogen) atoms. The van der Waals surface area contributed by atoms with Crippen molar-refractivity contribution in [2.45, 2.75) is 38.0 Å². The monoisotopic (exact) mass is 404 g/mol. The molecule has 1 amide bonds. The van der Waals surface area contributed by atoms with Gasteiger partial charge in [0.2, 0.25) is 5.91 Å². The summed E-state index contributed by atoms with van der Waals surface area (Å²) >= 11 is 0. The fourth-order valence-electron chi connectivity index (χ4n) is 4.12. The van der Waals surface area contributed by atoms with Gasteiger partial charge in [-0.05, 0) is 49.9 Å². The smallest absolute Gasteiger partial charge is 0.416 e. The van der Waals surface area contributed by atoms with Crippen LogP contribution in [0.3, 0.4) is 0 Å². The van der Waals surface area contributed by atoms with E-state index in [1.54, 1.807) is 11.9 Å². The Kier molecular flexibility index (Phi) is 7.03. The van der Waals surface area contributed by atoms with E-state index >= 15 is 0 Å². The molecule has 3 rings (SSSR count). The van der Waals surface area contributed by atoms with Crippen LogP contribution in [0.15, 0.2) is 18.2 Å². The largest absolute Gasteiger partial charge is 0.483 e. The number of benzene rings is 1. The Morgan fingerprint density at radius 1 is 1.29 bits per heavy atom. The Morgan fingerprint density at radius 3 is 2.50 bits per heavy atom. The van der Waals surface area contributed by atoms with Crippen molar-refractivity contribution in [1.82, 2.24) is 9.80 Å². The molecule has 0 bridgehead atoms. The summed E-state index contributed by atoms with van der Waals surface area (Å²) in [7, 11) is 3.61. The summed E-state index contributed by atoms with van der Waals surface area (Å²) < 4.78 is 52.5. The summed E-state index contributed by atoms with van der Waals surface area (Å²) in [5.41, 5.74) is -0.773. The van der Waals surface area contributed by atoms with Crippen LogP contribution in [0, 0.1) is 17.7 Å². The molecule has 156 valence electrons. The molecule has 5 nitrogen and oxygen atoms in total. The standard InChI is InChI=1S/C18H22F4N2O.CH2O2/c1-23(10-13-5-14(18(20,21)22)3-4-16(13)19)15-6-11-8-17(25)24(2)9-12(11)7-15;2-1-3/h3-5,11-12,15H,6-10H2,1-2H3;1H,(H,2,3)/t11-,12+,15-;/m0./s1. The third-order valence-electron chi connectivity index (χ3n) is 5.60. The van der Waals surface area contributed by atoms with Gasteiger partial charge in [0.25, 0.3) is 6.47 Å². The zero-order valence-corrected chi connectivity index (χ0v) is 15.7. The third kappa shape index (κ3) is 5.21. The number of rotatable bonds is 3. The van der Waals surface area contributed by atoms with Gasteiger partial charge in [0.05, 0.1) is 5.56 Å². The SMILES string of the molecule is CN1C[C@H]2C[C@@H](N(C)Cc3cc(C(F)(F)F)ccc3F)C[C@H]2CC1=O.O=CO.